The van der Waals surface area contributed by atoms with Gasteiger partial charge in [-0.05, 0) is 35.6 Å². The summed E-state index contributed by atoms with van der Waals surface area (Å²) >= 11 is 0. The van der Waals surface area contributed by atoms with Crippen LogP contribution >= 0.6 is 0 Å². The minimum Gasteiger partial charge on any atom is -0.319 e. The summed E-state index contributed by atoms with van der Waals surface area (Å²) in [6.07, 6.45) is 4.03. The van der Waals surface area contributed by atoms with Crippen molar-refractivity contribution in [2.24, 2.45) is 0 Å². The second-order valence-corrected chi connectivity index (χ2v) is 5.81. The van der Waals surface area contributed by atoms with Crippen LogP contribution in [0.5, 0.6) is 0 Å². The Morgan fingerprint density at radius 1 is 1.00 bits per heavy atom. The smallest absolute Gasteiger partial charge is 0.0645 e. The van der Waals surface area contributed by atoms with Crippen molar-refractivity contribution in [1.29, 1.82) is 0 Å². The Balaban J connectivity index is 2.10. The van der Waals surface area contributed by atoms with Crippen LogP contribution in [0.3, 0.4) is 0 Å². The molecule has 0 fully saturated rings. The van der Waals surface area contributed by atoms with Gasteiger partial charge in [0.05, 0.1) is 6.04 Å². The largest absolute Gasteiger partial charge is 0.319 e. The quantitative estimate of drug-likeness (QED) is 0.857. The first kappa shape index (κ1) is 12.7. The van der Waals surface area contributed by atoms with E-state index in [9.17, 15) is 0 Å². The van der Waals surface area contributed by atoms with Crippen LogP contribution in [0.25, 0.3) is 0 Å². The standard InChI is InChI=1S/C16H22N2/c1-13(17-18-11-5-6-12-18)14-7-9-15(10-8-14)16(2,3)4/h5-13,17H,1-4H3. The first-order chi connectivity index (χ1) is 8.47. The fourth-order valence-electron chi connectivity index (χ4n) is 1.99. The maximum atomic E-state index is 3.41. The Morgan fingerprint density at radius 3 is 2.06 bits per heavy atom. The summed E-state index contributed by atoms with van der Waals surface area (Å²) in [6.45, 7) is 8.89. The molecule has 0 aliphatic rings. The fraction of sp³-hybridized carbons (Fsp3) is 0.375. The molecular formula is C16H22N2. The molecule has 96 valence electrons. The van der Waals surface area contributed by atoms with E-state index in [2.05, 4.69) is 57.4 Å². The molecule has 0 radical (unpaired) electrons. The van der Waals surface area contributed by atoms with E-state index in [1.807, 2.05) is 29.2 Å². The van der Waals surface area contributed by atoms with Crippen LogP contribution in [0.4, 0.5) is 0 Å². The normalized spacial score (nSPS) is 13.3. The van der Waals surface area contributed by atoms with Crippen molar-refractivity contribution in [2.45, 2.75) is 39.2 Å². The van der Waals surface area contributed by atoms with E-state index in [1.165, 1.54) is 11.1 Å². The van der Waals surface area contributed by atoms with Crippen molar-refractivity contribution in [3.63, 3.8) is 0 Å². The summed E-state index contributed by atoms with van der Waals surface area (Å²) in [7, 11) is 0. The Kier molecular flexibility index (Phi) is 3.46. The van der Waals surface area contributed by atoms with E-state index in [1.54, 1.807) is 0 Å². The van der Waals surface area contributed by atoms with Gasteiger partial charge < -0.3 is 5.43 Å². The van der Waals surface area contributed by atoms with Gasteiger partial charge >= 0.3 is 0 Å². The van der Waals surface area contributed by atoms with Crippen LogP contribution < -0.4 is 5.43 Å². The lowest BCUT2D eigenvalue weighted by atomic mass is 9.86. The molecule has 2 rings (SSSR count). The Hall–Kier alpha value is -1.70. The summed E-state index contributed by atoms with van der Waals surface area (Å²) in [6, 6.07) is 13.2. The van der Waals surface area contributed by atoms with Gasteiger partial charge in [0.2, 0.25) is 0 Å². The Bertz CT molecular complexity index is 475. The molecule has 0 amide bonds. The molecule has 2 nitrogen and oxygen atoms in total. The molecule has 18 heavy (non-hydrogen) atoms. The van der Waals surface area contributed by atoms with Gasteiger partial charge in [0.25, 0.3) is 0 Å². The topological polar surface area (TPSA) is 17.0 Å². The van der Waals surface area contributed by atoms with Gasteiger partial charge in [-0.25, -0.2) is 0 Å². The second kappa shape index (κ2) is 4.89. The molecule has 0 bridgehead atoms. The lowest BCUT2D eigenvalue weighted by molar-refractivity contribution is 0.589. The first-order valence-corrected chi connectivity index (χ1v) is 6.47. The third kappa shape index (κ3) is 2.95. The minimum absolute atomic E-state index is 0.218. The van der Waals surface area contributed by atoms with E-state index in [0.717, 1.165) is 0 Å². The number of benzene rings is 1. The molecule has 2 heteroatoms. The Morgan fingerprint density at radius 2 is 1.56 bits per heavy atom. The van der Waals surface area contributed by atoms with Gasteiger partial charge in [0, 0.05) is 12.4 Å². The van der Waals surface area contributed by atoms with E-state index >= 15 is 0 Å². The molecule has 1 N–H and O–H groups in total. The number of hydrogen-bond donors (Lipinski definition) is 1. The summed E-state index contributed by atoms with van der Waals surface area (Å²) < 4.78 is 1.99. The van der Waals surface area contributed by atoms with Crippen LogP contribution in [0.15, 0.2) is 48.8 Å². The van der Waals surface area contributed by atoms with Crippen LogP contribution in [-0.4, -0.2) is 4.68 Å². The highest BCUT2D eigenvalue weighted by atomic mass is 15.4. The van der Waals surface area contributed by atoms with Gasteiger partial charge in [-0.15, -0.1) is 0 Å². The number of hydrogen-bond acceptors (Lipinski definition) is 1. The molecule has 1 aromatic carbocycles. The molecule has 1 unspecified atom stereocenters. The summed E-state index contributed by atoms with van der Waals surface area (Å²) in [5.41, 5.74) is 6.31. The summed E-state index contributed by atoms with van der Waals surface area (Å²) in [4.78, 5) is 0. The SMILES string of the molecule is CC(Nn1cccc1)c1ccc(C(C)(C)C)cc1. The molecule has 2 aromatic rings. The lowest BCUT2D eigenvalue weighted by Gasteiger charge is -2.21. The molecule has 0 aliphatic carbocycles. The maximum absolute atomic E-state index is 3.41. The van der Waals surface area contributed by atoms with Crippen molar-refractivity contribution >= 4 is 0 Å². The van der Waals surface area contributed by atoms with Crippen LogP contribution in [0.1, 0.15) is 44.9 Å². The molecular weight excluding hydrogens is 220 g/mol. The zero-order valence-corrected chi connectivity index (χ0v) is 11.6. The minimum atomic E-state index is 0.218. The van der Waals surface area contributed by atoms with Gasteiger partial charge in [0.15, 0.2) is 0 Å². The van der Waals surface area contributed by atoms with Gasteiger partial charge in [-0.3, -0.25) is 4.68 Å². The molecule has 0 saturated carbocycles. The average Bonchev–Trinajstić information content (AvgIpc) is 2.81. The molecule has 1 aromatic heterocycles. The van der Waals surface area contributed by atoms with E-state index in [-0.39, 0.29) is 5.41 Å². The van der Waals surface area contributed by atoms with Crippen LogP contribution in [0, 0.1) is 0 Å². The van der Waals surface area contributed by atoms with E-state index < -0.39 is 0 Å². The van der Waals surface area contributed by atoms with Crippen molar-refractivity contribution in [2.75, 3.05) is 5.43 Å². The third-order valence-electron chi connectivity index (χ3n) is 3.22. The maximum Gasteiger partial charge on any atom is 0.0645 e. The number of nitrogens with one attached hydrogen (secondary N) is 1. The van der Waals surface area contributed by atoms with Crippen molar-refractivity contribution in [3.05, 3.63) is 59.9 Å². The molecule has 0 spiro atoms. The highest BCUT2D eigenvalue weighted by Gasteiger charge is 2.13. The zero-order valence-electron chi connectivity index (χ0n) is 11.6. The summed E-state index contributed by atoms with van der Waals surface area (Å²) in [5, 5.41) is 0. The van der Waals surface area contributed by atoms with Crippen molar-refractivity contribution < 1.29 is 0 Å². The average molecular weight is 242 g/mol. The van der Waals surface area contributed by atoms with Gasteiger partial charge in [0.1, 0.15) is 0 Å². The highest BCUT2D eigenvalue weighted by Crippen LogP contribution is 2.24. The molecule has 0 saturated heterocycles. The van der Waals surface area contributed by atoms with Crippen molar-refractivity contribution in [1.82, 2.24) is 4.68 Å². The number of aromatic nitrogens is 1. The predicted octanol–water partition coefficient (Wildman–Crippen LogP) is 4.09. The van der Waals surface area contributed by atoms with E-state index in [4.69, 9.17) is 0 Å². The number of nitrogens with zero attached hydrogens (tertiary/aromatic N) is 1. The number of rotatable bonds is 3. The zero-order chi connectivity index (χ0) is 13.2. The fourth-order valence-corrected chi connectivity index (χ4v) is 1.99. The highest BCUT2D eigenvalue weighted by molar-refractivity contribution is 5.29. The van der Waals surface area contributed by atoms with Crippen molar-refractivity contribution in [3.8, 4) is 0 Å². The molecule has 0 aliphatic heterocycles. The molecule has 1 heterocycles. The van der Waals surface area contributed by atoms with Crippen LogP contribution in [0.2, 0.25) is 0 Å². The lowest BCUT2D eigenvalue weighted by Crippen LogP contribution is -2.17. The Labute approximate surface area is 110 Å². The monoisotopic (exact) mass is 242 g/mol. The second-order valence-electron chi connectivity index (χ2n) is 5.81. The van der Waals surface area contributed by atoms with Crippen LogP contribution in [-0.2, 0) is 5.41 Å². The third-order valence-corrected chi connectivity index (χ3v) is 3.22. The first-order valence-electron chi connectivity index (χ1n) is 6.47. The van der Waals surface area contributed by atoms with Gasteiger partial charge in [-0.1, -0.05) is 45.0 Å². The summed E-state index contributed by atoms with van der Waals surface area (Å²) in [5.74, 6) is 0. The van der Waals surface area contributed by atoms with Gasteiger partial charge in [-0.2, -0.15) is 0 Å². The predicted molar refractivity (Wildman–Crippen MR) is 77.3 cm³/mol. The molecule has 1 atom stereocenters. The van der Waals surface area contributed by atoms with E-state index in [0.29, 0.717) is 6.04 Å².